The summed E-state index contributed by atoms with van der Waals surface area (Å²) in [7, 11) is 0. The molecule has 2 aromatic heterocycles. The molecule has 0 spiro atoms. The average molecular weight is 148 g/mol. The average Bonchev–Trinajstić information content (AvgIpc) is 2.47. The van der Waals surface area contributed by atoms with E-state index in [0.29, 0.717) is 11.2 Å². The number of nitrogens with zero attached hydrogens (tertiary/aromatic N) is 4. The van der Waals surface area contributed by atoms with Crippen LogP contribution in [0.4, 0.5) is 0 Å². The van der Waals surface area contributed by atoms with E-state index in [4.69, 9.17) is 0 Å². The maximum absolute atomic E-state index is 10.4. The molecule has 0 radical (unpaired) electrons. The predicted octanol–water partition coefficient (Wildman–Crippen LogP) is -0.0632. The number of carbonyl (C=O) groups excluding carboxylic acids is 1. The van der Waals surface area contributed by atoms with E-state index >= 15 is 0 Å². The van der Waals surface area contributed by atoms with Crippen LogP contribution >= 0.6 is 0 Å². The summed E-state index contributed by atoms with van der Waals surface area (Å²) in [5.74, 6) is 0. The molecule has 2 aromatic rings. The summed E-state index contributed by atoms with van der Waals surface area (Å²) in [4.78, 5) is 18.0. The lowest BCUT2D eigenvalue weighted by molar-refractivity contribution is 0.112. The zero-order chi connectivity index (χ0) is 7.68. The fraction of sp³-hybridized carbons (Fsp3) is 0. The first-order valence-corrected chi connectivity index (χ1v) is 3.00. The number of hydrogen-bond acceptors (Lipinski definition) is 4. The van der Waals surface area contributed by atoms with Gasteiger partial charge in [-0.15, -0.1) is 0 Å². The Balaban J connectivity index is 2.86. The summed E-state index contributed by atoms with van der Waals surface area (Å²) in [5, 5.41) is 3.85. The van der Waals surface area contributed by atoms with Crippen molar-refractivity contribution in [2.24, 2.45) is 0 Å². The minimum absolute atomic E-state index is 0.479. The fourth-order valence-corrected chi connectivity index (χ4v) is 0.851. The van der Waals surface area contributed by atoms with Crippen molar-refractivity contribution in [2.45, 2.75) is 0 Å². The van der Waals surface area contributed by atoms with Crippen LogP contribution in [0.3, 0.4) is 0 Å². The van der Waals surface area contributed by atoms with Crippen LogP contribution in [0, 0.1) is 0 Å². The number of aldehydes is 1. The van der Waals surface area contributed by atoms with Crippen LogP contribution in [0.25, 0.3) is 5.65 Å². The van der Waals surface area contributed by atoms with E-state index in [1.807, 2.05) is 0 Å². The van der Waals surface area contributed by atoms with Crippen LogP contribution < -0.4 is 0 Å². The summed E-state index contributed by atoms with van der Waals surface area (Å²) in [6, 6.07) is 0. The highest BCUT2D eigenvalue weighted by molar-refractivity contribution is 5.83. The third-order valence-electron chi connectivity index (χ3n) is 1.35. The van der Waals surface area contributed by atoms with Gasteiger partial charge in [0.05, 0.1) is 11.8 Å². The molecule has 11 heavy (non-hydrogen) atoms. The minimum atomic E-state index is 0.479. The Bertz CT molecular complexity index is 394. The molecular formula is C6H4N4O. The maximum Gasteiger partial charge on any atom is 0.169 e. The van der Waals surface area contributed by atoms with Crippen LogP contribution in [-0.2, 0) is 0 Å². The zero-order valence-electron chi connectivity index (χ0n) is 5.51. The van der Waals surface area contributed by atoms with E-state index in [1.165, 1.54) is 23.4 Å². The Morgan fingerprint density at radius 3 is 3.27 bits per heavy atom. The Labute approximate surface area is 61.7 Å². The lowest BCUT2D eigenvalue weighted by atomic mass is 10.4. The quantitative estimate of drug-likeness (QED) is 0.531. The molecular weight excluding hydrogens is 144 g/mol. The number of carbonyl (C=O) groups is 1. The molecule has 0 saturated carbocycles. The molecule has 54 valence electrons. The van der Waals surface area contributed by atoms with Gasteiger partial charge in [-0.1, -0.05) is 0 Å². The van der Waals surface area contributed by atoms with Crippen LogP contribution in [0.5, 0.6) is 0 Å². The van der Waals surface area contributed by atoms with Crippen molar-refractivity contribution < 1.29 is 4.79 Å². The van der Waals surface area contributed by atoms with E-state index in [1.54, 1.807) is 0 Å². The smallest absolute Gasteiger partial charge is 0.169 e. The van der Waals surface area contributed by atoms with Crippen molar-refractivity contribution in [3.05, 3.63) is 24.4 Å². The first-order valence-electron chi connectivity index (χ1n) is 3.00. The molecule has 0 unspecified atom stereocenters. The maximum atomic E-state index is 10.4. The SMILES string of the molecule is O=Cc1cnn2cncnc12. The van der Waals surface area contributed by atoms with Gasteiger partial charge < -0.3 is 0 Å². The van der Waals surface area contributed by atoms with Crippen molar-refractivity contribution >= 4 is 11.9 Å². The van der Waals surface area contributed by atoms with Gasteiger partial charge in [-0.25, -0.2) is 14.5 Å². The van der Waals surface area contributed by atoms with Crippen molar-refractivity contribution in [2.75, 3.05) is 0 Å². The van der Waals surface area contributed by atoms with E-state index in [0.717, 1.165) is 6.29 Å². The monoisotopic (exact) mass is 148 g/mol. The predicted molar refractivity (Wildman–Crippen MR) is 36.2 cm³/mol. The first kappa shape index (κ1) is 5.96. The van der Waals surface area contributed by atoms with Crippen molar-refractivity contribution in [3.63, 3.8) is 0 Å². The van der Waals surface area contributed by atoms with Gasteiger partial charge in [-0.2, -0.15) is 5.10 Å². The van der Waals surface area contributed by atoms with Crippen LogP contribution in [0.15, 0.2) is 18.9 Å². The Morgan fingerprint density at radius 1 is 1.55 bits per heavy atom. The highest BCUT2D eigenvalue weighted by atomic mass is 16.1. The third kappa shape index (κ3) is 0.778. The molecule has 0 aliphatic carbocycles. The summed E-state index contributed by atoms with van der Waals surface area (Å²) >= 11 is 0. The number of hydrogen-bond donors (Lipinski definition) is 0. The Morgan fingerprint density at radius 2 is 2.45 bits per heavy atom. The molecule has 0 saturated heterocycles. The molecule has 2 heterocycles. The summed E-state index contributed by atoms with van der Waals surface area (Å²) in [6.45, 7) is 0. The molecule has 0 aliphatic rings. The van der Waals surface area contributed by atoms with Gasteiger partial charge in [0.2, 0.25) is 0 Å². The van der Waals surface area contributed by atoms with Gasteiger partial charge in [0.1, 0.15) is 12.7 Å². The molecule has 0 amide bonds. The van der Waals surface area contributed by atoms with E-state index in [2.05, 4.69) is 15.1 Å². The topological polar surface area (TPSA) is 60.2 Å². The molecule has 0 N–H and O–H groups in total. The molecule has 5 heteroatoms. The summed E-state index contributed by atoms with van der Waals surface area (Å²) < 4.78 is 1.45. The summed E-state index contributed by atoms with van der Waals surface area (Å²) in [6.07, 6.45) is 5.05. The molecule has 0 fully saturated rings. The highest BCUT2D eigenvalue weighted by Gasteiger charge is 2.01. The lowest BCUT2D eigenvalue weighted by Gasteiger charge is -1.87. The first-order chi connectivity index (χ1) is 5.42. The van der Waals surface area contributed by atoms with Gasteiger partial charge in [-0.05, 0) is 0 Å². The normalized spacial score (nSPS) is 10.2. The van der Waals surface area contributed by atoms with E-state index < -0.39 is 0 Å². The molecule has 0 bridgehead atoms. The van der Waals surface area contributed by atoms with E-state index in [9.17, 15) is 4.79 Å². The molecule has 0 aliphatic heterocycles. The standard InChI is InChI=1S/C6H4N4O/c11-2-5-1-9-10-4-7-3-8-6(5)10/h1-4H. The van der Waals surface area contributed by atoms with Gasteiger partial charge in [0.15, 0.2) is 11.9 Å². The second-order valence-corrected chi connectivity index (χ2v) is 2.00. The van der Waals surface area contributed by atoms with Gasteiger partial charge in [-0.3, -0.25) is 4.79 Å². The molecule has 0 atom stereocenters. The second-order valence-electron chi connectivity index (χ2n) is 2.00. The van der Waals surface area contributed by atoms with Crippen molar-refractivity contribution in [1.82, 2.24) is 19.6 Å². The van der Waals surface area contributed by atoms with E-state index in [-0.39, 0.29) is 0 Å². The molecule has 0 aromatic carbocycles. The lowest BCUT2D eigenvalue weighted by Crippen LogP contribution is -1.91. The van der Waals surface area contributed by atoms with Crippen molar-refractivity contribution in [1.29, 1.82) is 0 Å². The van der Waals surface area contributed by atoms with Gasteiger partial charge >= 0.3 is 0 Å². The van der Waals surface area contributed by atoms with Crippen molar-refractivity contribution in [3.8, 4) is 0 Å². The molecule has 5 nitrogen and oxygen atoms in total. The molecule has 2 rings (SSSR count). The zero-order valence-corrected chi connectivity index (χ0v) is 5.51. The minimum Gasteiger partial charge on any atom is -0.298 e. The number of aromatic nitrogens is 4. The van der Waals surface area contributed by atoms with Crippen LogP contribution in [0.2, 0.25) is 0 Å². The third-order valence-corrected chi connectivity index (χ3v) is 1.35. The number of fused-ring (bicyclic) bond motifs is 1. The Kier molecular flexibility index (Phi) is 1.15. The number of rotatable bonds is 1. The second kappa shape index (κ2) is 2.12. The largest absolute Gasteiger partial charge is 0.298 e. The van der Waals surface area contributed by atoms with Gasteiger partial charge in [0, 0.05) is 0 Å². The highest BCUT2D eigenvalue weighted by Crippen LogP contribution is 2.01. The van der Waals surface area contributed by atoms with Crippen LogP contribution in [0.1, 0.15) is 10.4 Å². The van der Waals surface area contributed by atoms with Gasteiger partial charge in [0.25, 0.3) is 0 Å². The summed E-state index contributed by atoms with van der Waals surface area (Å²) in [5.41, 5.74) is 1.02. The van der Waals surface area contributed by atoms with Crippen LogP contribution in [-0.4, -0.2) is 25.9 Å². The Hall–Kier alpha value is -1.78. The fourth-order valence-electron chi connectivity index (χ4n) is 0.851.